The van der Waals surface area contributed by atoms with Crippen LogP contribution in [0.1, 0.15) is 31.7 Å². The van der Waals surface area contributed by atoms with Crippen molar-refractivity contribution in [3.8, 4) is 0 Å². The van der Waals surface area contributed by atoms with Crippen molar-refractivity contribution in [1.29, 1.82) is 0 Å². The van der Waals surface area contributed by atoms with Crippen LogP contribution in [0, 0.1) is 12.8 Å². The summed E-state index contributed by atoms with van der Waals surface area (Å²) >= 11 is 0. The van der Waals surface area contributed by atoms with Gasteiger partial charge >= 0.3 is 5.97 Å². The van der Waals surface area contributed by atoms with E-state index in [1.54, 1.807) is 24.3 Å². The van der Waals surface area contributed by atoms with E-state index in [4.69, 9.17) is 8.92 Å². The van der Waals surface area contributed by atoms with Crippen LogP contribution in [-0.2, 0) is 23.8 Å². The standard InChI is InChI=1S/C18H27NO5S/c1-3-23-18(20)16-6-4-11-19(14-16)12-5-13-24-25(21,22)17-9-7-15(2)8-10-17/h7-10,16H,3-6,11-14H2,1-2H3. The van der Waals surface area contributed by atoms with Crippen LogP contribution in [-0.4, -0.2) is 52.1 Å². The van der Waals surface area contributed by atoms with Crippen LogP contribution in [0.3, 0.4) is 0 Å². The number of carbonyl (C=O) groups excluding carboxylic acids is 1. The topological polar surface area (TPSA) is 72.9 Å². The summed E-state index contributed by atoms with van der Waals surface area (Å²) in [5, 5.41) is 0. The molecule has 0 spiro atoms. The van der Waals surface area contributed by atoms with E-state index in [1.165, 1.54) is 0 Å². The molecule has 1 aliphatic rings. The summed E-state index contributed by atoms with van der Waals surface area (Å²) in [5.41, 5.74) is 1.00. The lowest BCUT2D eigenvalue weighted by molar-refractivity contribution is -0.149. The maximum absolute atomic E-state index is 12.1. The van der Waals surface area contributed by atoms with Crippen LogP contribution >= 0.6 is 0 Å². The quantitative estimate of drug-likeness (QED) is 0.398. The third-order valence-electron chi connectivity index (χ3n) is 4.29. The molecule has 1 aliphatic heterocycles. The van der Waals surface area contributed by atoms with Gasteiger partial charge in [0.25, 0.3) is 10.1 Å². The Morgan fingerprint density at radius 1 is 1.28 bits per heavy atom. The number of likely N-dealkylation sites (tertiary alicyclic amines) is 1. The second-order valence-corrected chi connectivity index (χ2v) is 7.95. The van der Waals surface area contributed by atoms with Gasteiger partial charge in [-0.1, -0.05) is 17.7 Å². The second-order valence-electron chi connectivity index (χ2n) is 6.33. The Kier molecular flexibility index (Phi) is 7.40. The molecule has 0 saturated carbocycles. The Morgan fingerprint density at radius 2 is 2.00 bits per heavy atom. The van der Waals surface area contributed by atoms with Crippen LogP contribution in [0.5, 0.6) is 0 Å². The molecule has 7 heteroatoms. The van der Waals surface area contributed by atoms with Crippen molar-refractivity contribution in [1.82, 2.24) is 4.90 Å². The maximum Gasteiger partial charge on any atom is 0.310 e. The summed E-state index contributed by atoms with van der Waals surface area (Å²) in [6.07, 6.45) is 2.40. The minimum atomic E-state index is -3.70. The summed E-state index contributed by atoms with van der Waals surface area (Å²) in [4.78, 5) is 14.2. The van der Waals surface area contributed by atoms with Gasteiger partial charge < -0.3 is 9.64 Å². The number of hydrogen-bond acceptors (Lipinski definition) is 6. The average Bonchev–Trinajstić information content (AvgIpc) is 2.60. The van der Waals surface area contributed by atoms with E-state index in [1.807, 2.05) is 13.8 Å². The normalized spacial score (nSPS) is 18.9. The number of ether oxygens (including phenoxy) is 1. The van der Waals surface area contributed by atoms with Gasteiger partial charge in [-0.15, -0.1) is 0 Å². The SMILES string of the molecule is CCOC(=O)C1CCCN(CCCOS(=O)(=O)c2ccc(C)cc2)C1. The third-order valence-corrected chi connectivity index (χ3v) is 5.62. The lowest BCUT2D eigenvalue weighted by Crippen LogP contribution is -2.40. The first-order chi connectivity index (χ1) is 11.9. The smallest absolute Gasteiger partial charge is 0.310 e. The highest BCUT2D eigenvalue weighted by molar-refractivity contribution is 7.86. The van der Waals surface area contributed by atoms with Gasteiger partial charge in [-0.05, 0) is 51.8 Å². The van der Waals surface area contributed by atoms with Crippen molar-refractivity contribution in [3.63, 3.8) is 0 Å². The van der Waals surface area contributed by atoms with E-state index >= 15 is 0 Å². The van der Waals surface area contributed by atoms with Crippen LogP contribution in [0.25, 0.3) is 0 Å². The Hall–Kier alpha value is -1.44. The van der Waals surface area contributed by atoms with Gasteiger partial charge in [0.2, 0.25) is 0 Å². The molecule has 140 valence electrons. The predicted octanol–water partition coefficient (Wildman–Crippen LogP) is 2.37. The first kappa shape index (κ1) is 19.9. The fourth-order valence-corrected chi connectivity index (χ4v) is 3.88. The highest BCUT2D eigenvalue weighted by Crippen LogP contribution is 2.18. The molecule has 1 unspecified atom stereocenters. The van der Waals surface area contributed by atoms with Gasteiger partial charge in [-0.25, -0.2) is 0 Å². The van der Waals surface area contributed by atoms with Crippen molar-refractivity contribution < 1.29 is 22.1 Å². The molecule has 0 N–H and O–H groups in total. The molecule has 1 atom stereocenters. The van der Waals surface area contributed by atoms with Crippen molar-refractivity contribution in [2.24, 2.45) is 5.92 Å². The molecule has 2 rings (SSSR count). The Bertz CT molecular complexity index is 657. The van der Waals surface area contributed by atoms with Crippen LogP contribution in [0.2, 0.25) is 0 Å². The second kappa shape index (κ2) is 9.31. The Morgan fingerprint density at radius 3 is 2.68 bits per heavy atom. The van der Waals surface area contributed by atoms with Crippen molar-refractivity contribution in [2.75, 3.05) is 32.8 Å². The van der Waals surface area contributed by atoms with E-state index < -0.39 is 10.1 Å². The Balaban J connectivity index is 1.75. The zero-order chi connectivity index (χ0) is 18.3. The fourth-order valence-electron chi connectivity index (χ4n) is 2.94. The third kappa shape index (κ3) is 6.09. The number of benzene rings is 1. The molecule has 0 radical (unpaired) electrons. The van der Waals surface area contributed by atoms with Crippen LogP contribution in [0.4, 0.5) is 0 Å². The van der Waals surface area contributed by atoms with Crippen molar-refractivity contribution in [2.45, 2.75) is 38.0 Å². The molecular formula is C18H27NO5S. The predicted molar refractivity (Wildman–Crippen MR) is 94.7 cm³/mol. The van der Waals surface area contributed by atoms with Gasteiger partial charge in [0.15, 0.2) is 0 Å². The monoisotopic (exact) mass is 369 g/mol. The van der Waals surface area contributed by atoms with E-state index in [0.29, 0.717) is 26.1 Å². The summed E-state index contributed by atoms with van der Waals surface area (Å²) in [5.74, 6) is -0.212. The number of nitrogens with zero attached hydrogens (tertiary/aromatic N) is 1. The zero-order valence-corrected chi connectivity index (χ0v) is 15.8. The molecule has 0 aliphatic carbocycles. The molecule has 1 saturated heterocycles. The summed E-state index contributed by atoms with van der Waals surface area (Å²) in [6.45, 7) is 6.55. The maximum atomic E-state index is 12.1. The molecule has 1 aromatic rings. The molecule has 1 aromatic carbocycles. The minimum absolute atomic E-state index is 0.0779. The molecule has 1 heterocycles. The van der Waals surface area contributed by atoms with E-state index in [9.17, 15) is 13.2 Å². The molecule has 6 nitrogen and oxygen atoms in total. The van der Waals surface area contributed by atoms with Gasteiger partial charge in [0.1, 0.15) is 0 Å². The van der Waals surface area contributed by atoms with Crippen molar-refractivity contribution >= 4 is 16.1 Å². The lowest BCUT2D eigenvalue weighted by atomic mass is 9.98. The Labute approximate surface area is 150 Å². The highest BCUT2D eigenvalue weighted by atomic mass is 32.2. The summed E-state index contributed by atoms with van der Waals surface area (Å²) < 4.78 is 34.4. The number of rotatable bonds is 8. The molecule has 0 bridgehead atoms. The number of piperidine rings is 1. The van der Waals surface area contributed by atoms with Gasteiger partial charge in [-0.2, -0.15) is 8.42 Å². The van der Waals surface area contributed by atoms with Crippen LogP contribution in [0.15, 0.2) is 29.2 Å². The first-order valence-electron chi connectivity index (χ1n) is 8.77. The molecule has 0 aromatic heterocycles. The molecular weight excluding hydrogens is 342 g/mol. The number of aryl methyl sites for hydroxylation is 1. The first-order valence-corrected chi connectivity index (χ1v) is 10.2. The van der Waals surface area contributed by atoms with Gasteiger partial charge in [0, 0.05) is 13.1 Å². The van der Waals surface area contributed by atoms with E-state index in [0.717, 1.165) is 24.9 Å². The average molecular weight is 369 g/mol. The van der Waals surface area contributed by atoms with E-state index in [-0.39, 0.29) is 23.4 Å². The summed E-state index contributed by atoms with van der Waals surface area (Å²) in [7, 11) is -3.70. The number of esters is 1. The zero-order valence-electron chi connectivity index (χ0n) is 14.9. The lowest BCUT2D eigenvalue weighted by Gasteiger charge is -2.31. The molecule has 0 amide bonds. The molecule has 25 heavy (non-hydrogen) atoms. The molecule has 1 fully saturated rings. The van der Waals surface area contributed by atoms with E-state index in [2.05, 4.69) is 4.90 Å². The minimum Gasteiger partial charge on any atom is -0.466 e. The highest BCUT2D eigenvalue weighted by Gasteiger charge is 2.26. The van der Waals surface area contributed by atoms with Gasteiger partial charge in [-0.3, -0.25) is 8.98 Å². The largest absolute Gasteiger partial charge is 0.466 e. The van der Waals surface area contributed by atoms with Crippen LogP contribution < -0.4 is 0 Å². The summed E-state index contributed by atoms with van der Waals surface area (Å²) in [6, 6.07) is 6.61. The van der Waals surface area contributed by atoms with Gasteiger partial charge in [0.05, 0.1) is 24.0 Å². The number of hydrogen-bond donors (Lipinski definition) is 0. The van der Waals surface area contributed by atoms with Crippen molar-refractivity contribution in [3.05, 3.63) is 29.8 Å². The number of carbonyl (C=O) groups is 1. The fraction of sp³-hybridized carbons (Fsp3) is 0.611.